The lowest BCUT2D eigenvalue weighted by Gasteiger charge is -2.29. The fraction of sp³-hybridized carbons (Fsp3) is 0.533. The average Bonchev–Trinajstić information content (AvgIpc) is 2.84. The van der Waals surface area contributed by atoms with Gasteiger partial charge in [-0.2, -0.15) is 13.2 Å². The van der Waals surface area contributed by atoms with Crippen LogP contribution in [0, 0.1) is 10.1 Å². The second-order valence-electron chi connectivity index (χ2n) is 6.27. The molecular weight excluding hydrogens is 363 g/mol. The van der Waals surface area contributed by atoms with Gasteiger partial charge < -0.3 is 10.6 Å². The summed E-state index contributed by atoms with van der Waals surface area (Å²) < 4.78 is 38.1. The maximum atomic E-state index is 12.7. The number of amides is 1. The van der Waals surface area contributed by atoms with E-state index in [1.165, 1.54) is 0 Å². The Kier molecular flexibility index (Phi) is 5.58. The van der Waals surface area contributed by atoms with Crippen LogP contribution in [0.1, 0.15) is 41.6 Å². The molecule has 0 aliphatic carbocycles. The summed E-state index contributed by atoms with van der Waals surface area (Å²) in [7, 11) is 0. The lowest BCUT2D eigenvalue weighted by molar-refractivity contribution is -0.385. The first-order valence-electron chi connectivity index (χ1n) is 7.66. The highest BCUT2D eigenvalue weighted by Crippen LogP contribution is 2.33. The van der Waals surface area contributed by atoms with Crippen molar-refractivity contribution in [2.45, 2.75) is 50.0 Å². The van der Waals surface area contributed by atoms with Gasteiger partial charge in [0, 0.05) is 24.2 Å². The number of hydrogen-bond acceptors (Lipinski definition) is 4. The molecule has 2 aliphatic rings. The molecule has 138 valence electrons. The van der Waals surface area contributed by atoms with Gasteiger partial charge in [-0.15, -0.1) is 12.4 Å². The van der Waals surface area contributed by atoms with Crippen molar-refractivity contribution in [3.05, 3.63) is 39.4 Å². The second kappa shape index (κ2) is 7.17. The minimum atomic E-state index is -4.70. The first-order valence-corrected chi connectivity index (χ1v) is 7.66. The molecule has 1 aromatic carbocycles. The van der Waals surface area contributed by atoms with Crippen LogP contribution >= 0.6 is 12.4 Å². The molecule has 10 heteroatoms. The van der Waals surface area contributed by atoms with Crippen LogP contribution in [0.5, 0.6) is 0 Å². The van der Waals surface area contributed by atoms with E-state index < -0.39 is 28.3 Å². The number of hydrogen-bond donors (Lipinski definition) is 2. The van der Waals surface area contributed by atoms with Gasteiger partial charge >= 0.3 is 6.18 Å². The highest BCUT2D eigenvalue weighted by Gasteiger charge is 2.36. The number of nitro benzene ring substituents is 1. The topological polar surface area (TPSA) is 84.3 Å². The zero-order valence-corrected chi connectivity index (χ0v) is 13.8. The van der Waals surface area contributed by atoms with Gasteiger partial charge in [-0.05, 0) is 37.8 Å². The van der Waals surface area contributed by atoms with Crippen LogP contribution in [0.2, 0.25) is 0 Å². The van der Waals surface area contributed by atoms with Gasteiger partial charge in [-0.1, -0.05) is 0 Å². The molecule has 3 rings (SSSR count). The molecule has 1 aromatic rings. The number of fused-ring (bicyclic) bond motifs is 2. The van der Waals surface area contributed by atoms with Crippen LogP contribution in [0.25, 0.3) is 0 Å². The molecule has 6 nitrogen and oxygen atoms in total. The van der Waals surface area contributed by atoms with Crippen molar-refractivity contribution < 1.29 is 22.9 Å². The lowest BCUT2D eigenvalue weighted by Crippen LogP contribution is -2.48. The van der Waals surface area contributed by atoms with Crippen molar-refractivity contribution in [2.24, 2.45) is 0 Å². The number of alkyl halides is 3. The minimum absolute atomic E-state index is 0. The Morgan fingerprint density at radius 1 is 1.24 bits per heavy atom. The molecule has 2 atom stereocenters. The van der Waals surface area contributed by atoms with Crippen molar-refractivity contribution in [1.29, 1.82) is 0 Å². The molecule has 2 unspecified atom stereocenters. The predicted octanol–water partition coefficient (Wildman–Crippen LogP) is 3.05. The zero-order chi connectivity index (χ0) is 17.5. The van der Waals surface area contributed by atoms with E-state index in [0.29, 0.717) is 24.2 Å². The van der Waals surface area contributed by atoms with Crippen molar-refractivity contribution in [3.63, 3.8) is 0 Å². The molecule has 1 amide bonds. The Morgan fingerprint density at radius 3 is 2.36 bits per heavy atom. The maximum absolute atomic E-state index is 12.7. The summed E-state index contributed by atoms with van der Waals surface area (Å²) in [5.74, 6) is -0.707. The predicted molar refractivity (Wildman–Crippen MR) is 85.8 cm³/mol. The molecule has 2 saturated heterocycles. The summed E-state index contributed by atoms with van der Waals surface area (Å²) in [6.45, 7) is 0. The second-order valence-corrected chi connectivity index (χ2v) is 6.27. The van der Waals surface area contributed by atoms with E-state index in [2.05, 4.69) is 10.6 Å². The normalized spacial score (nSPS) is 25.2. The molecule has 0 saturated carbocycles. The molecule has 2 aliphatic heterocycles. The first kappa shape index (κ1) is 19.5. The van der Waals surface area contributed by atoms with Crippen LogP contribution in [0.3, 0.4) is 0 Å². The van der Waals surface area contributed by atoms with Crippen LogP contribution in [-0.2, 0) is 6.18 Å². The Balaban J connectivity index is 0.00000225. The van der Waals surface area contributed by atoms with Crippen molar-refractivity contribution in [1.82, 2.24) is 10.6 Å². The van der Waals surface area contributed by atoms with Gasteiger partial charge in [0.15, 0.2) is 0 Å². The molecule has 2 bridgehead atoms. The van der Waals surface area contributed by atoms with Crippen molar-refractivity contribution in [3.8, 4) is 0 Å². The zero-order valence-electron chi connectivity index (χ0n) is 13.0. The number of carbonyl (C=O) groups excluding carboxylic acids is 1. The van der Waals surface area contributed by atoms with E-state index in [-0.39, 0.29) is 24.0 Å². The van der Waals surface area contributed by atoms with Crippen LogP contribution < -0.4 is 10.6 Å². The quantitative estimate of drug-likeness (QED) is 0.624. The smallest absolute Gasteiger partial charge is 0.349 e. The Bertz CT molecular complexity index is 672. The number of benzene rings is 1. The number of nitrogens with zero attached hydrogens (tertiary/aromatic N) is 1. The summed E-state index contributed by atoms with van der Waals surface area (Å²) in [5, 5.41) is 17.2. The van der Waals surface area contributed by atoms with E-state index in [9.17, 15) is 28.1 Å². The molecule has 0 aromatic heterocycles. The van der Waals surface area contributed by atoms with E-state index >= 15 is 0 Å². The fourth-order valence-corrected chi connectivity index (χ4v) is 3.49. The standard InChI is InChI=1S/C15H16F3N3O3.ClH/c16-15(17,18)8-1-4-12(13(5-8)21(23)24)14(22)20-11-6-9-2-3-10(7-11)19-9;/h1,4-5,9-11,19H,2-3,6-7H2,(H,20,22);1H. The van der Waals surface area contributed by atoms with E-state index in [1.807, 2.05) is 0 Å². The number of halogens is 4. The van der Waals surface area contributed by atoms with E-state index in [0.717, 1.165) is 31.7 Å². The Hall–Kier alpha value is -1.87. The summed E-state index contributed by atoms with van der Waals surface area (Å²) >= 11 is 0. The SMILES string of the molecule is Cl.O=C(NC1CC2CCC(C1)N2)c1ccc(C(F)(F)F)cc1[N+](=O)[O-]. The number of rotatable bonds is 3. The minimum Gasteiger partial charge on any atom is -0.349 e. The van der Waals surface area contributed by atoms with Gasteiger partial charge in [0.2, 0.25) is 0 Å². The largest absolute Gasteiger partial charge is 0.416 e. The Morgan fingerprint density at radius 2 is 1.84 bits per heavy atom. The van der Waals surface area contributed by atoms with Crippen molar-refractivity contribution >= 4 is 24.0 Å². The van der Waals surface area contributed by atoms with Gasteiger partial charge in [0.1, 0.15) is 5.56 Å². The maximum Gasteiger partial charge on any atom is 0.416 e. The van der Waals surface area contributed by atoms with E-state index in [1.54, 1.807) is 0 Å². The van der Waals surface area contributed by atoms with E-state index in [4.69, 9.17) is 0 Å². The molecule has 0 radical (unpaired) electrons. The highest BCUT2D eigenvalue weighted by molar-refractivity contribution is 5.98. The highest BCUT2D eigenvalue weighted by atomic mass is 35.5. The third-order valence-corrected chi connectivity index (χ3v) is 4.57. The summed E-state index contributed by atoms with van der Waals surface area (Å²) in [5.41, 5.74) is -2.33. The number of carbonyl (C=O) groups is 1. The molecule has 25 heavy (non-hydrogen) atoms. The number of nitrogens with one attached hydrogen (secondary N) is 2. The molecule has 2 heterocycles. The van der Waals surface area contributed by atoms with Gasteiger partial charge in [0.05, 0.1) is 10.5 Å². The molecule has 2 N–H and O–H groups in total. The third kappa shape index (κ3) is 4.21. The summed E-state index contributed by atoms with van der Waals surface area (Å²) in [6.07, 6.45) is -1.21. The van der Waals surface area contributed by atoms with Crippen molar-refractivity contribution in [2.75, 3.05) is 0 Å². The van der Waals surface area contributed by atoms with Crippen LogP contribution in [0.4, 0.5) is 18.9 Å². The summed E-state index contributed by atoms with van der Waals surface area (Å²) in [6, 6.07) is 2.47. The van der Waals surface area contributed by atoms with Crippen LogP contribution in [-0.4, -0.2) is 29.0 Å². The first-order chi connectivity index (χ1) is 11.2. The molecule has 2 fully saturated rings. The Labute approximate surface area is 147 Å². The van der Waals surface area contributed by atoms with Gasteiger partial charge in [0.25, 0.3) is 11.6 Å². The average molecular weight is 380 g/mol. The number of piperidine rings is 1. The van der Waals surface area contributed by atoms with Gasteiger partial charge in [-0.25, -0.2) is 0 Å². The van der Waals surface area contributed by atoms with Crippen LogP contribution in [0.15, 0.2) is 18.2 Å². The van der Waals surface area contributed by atoms with Gasteiger partial charge in [-0.3, -0.25) is 14.9 Å². The lowest BCUT2D eigenvalue weighted by atomic mass is 9.99. The fourth-order valence-electron chi connectivity index (χ4n) is 3.49. The monoisotopic (exact) mass is 379 g/mol. The number of nitro groups is 1. The molecule has 0 spiro atoms. The third-order valence-electron chi connectivity index (χ3n) is 4.57. The molecular formula is C15H17ClF3N3O3. The summed E-state index contributed by atoms with van der Waals surface area (Å²) in [4.78, 5) is 22.4.